The van der Waals surface area contributed by atoms with E-state index in [-0.39, 0.29) is 11.9 Å². The molecule has 198 valence electrons. The van der Waals surface area contributed by atoms with Gasteiger partial charge < -0.3 is 4.74 Å². The van der Waals surface area contributed by atoms with Gasteiger partial charge in [0.1, 0.15) is 0 Å². The number of rotatable bonds is 12. The topological polar surface area (TPSA) is 26.3 Å². The van der Waals surface area contributed by atoms with E-state index in [1.54, 1.807) is 0 Å². The van der Waals surface area contributed by atoms with Crippen molar-refractivity contribution < 1.29 is 9.53 Å². The maximum atomic E-state index is 12.5. The van der Waals surface area contributed by atoms with Crippen LogP contribution in [0.4, 0.5) is 0 Å². The lowest BCUT2D eigenvalue weighted by molar-refractivity contribution is -0.150. The number of esters is 1. The molecule has 0 spiro atoms. The third kappa shape index (κ3) is 8.26. The number of unbranched alkanes of at least 4 members (excludes halogenated alkanes) is 3. The number of carbonyl (C=O) groups is 1. The second kappa shape index (κ2) is 14.9. The van der Waals surface area contributed by atoms with Crippen LogP contribution in [0, 0.1) is 47.3 Å². The van der Waals surface area contributed by atoms with Crippen molar-refractivity contribution in [3.8, 4) is 0 Å². The molecule has 0 aromatic rings. The maximum Gasteiger partial charge on any atom is 0.308 e. The lowest BCUT2D eigenvalue weighted by Gasteiger charge is -2.42. The predicted octanol–water partition coefficient (Wildman–Crippen LogP) is 9.60. The van der Waals surface area contributed by atoms with Crippen LogP contribution in [0.5, 0.6) is 0 Å². The molecule has 3 rings (SSSR count). The van der Waals surface area contributed by atoms with Crippen LogP contribution >= 0.6 is 0 Å². The van der Waals surface area contributed by atoms with Crippen molar-refractivity contribution in [3.63, 3.8) is 0 Å². The van der Waals surface area contributed by atoms with Gasteiger partial charge in [0, 0.05) is 0 Å². The molecule has 0 radical (unpaired) electrons. The summed E-state index contributed by atoms with van der Waals surface area (Å²) in [7, 11) is 0. The molecule has 2 heteroatoms. The Morgan fingerprint density at radius 2 is 1.12 bits per heavy atom. The van der Waals surface area contributed by atoms with Gasteiger partial charge in [-0.25, -0.2) is 0 Å². The zero-order valence-electron chi connectivity index (χ0n) is 23.4. The fourth-order valence-corrected chi connectivity index (χ4v) is 8.08. The number of carbonyl (C=O) groups excluding carboxylic acids is 1. The Kier molecular flexibility index (Phi) is 12.3. The third-order valence-electron chi connectivity index (χ3n) is 10.7. The van der Waals surface area contributed by atoms with Gasteiger partial charge in [-0.2, -0.15) is 0 Å². The van der Waals surface area contributed by atoms with E-state index in [0.717, 1.165) is 60.7 Å². The van der Waals surface area contributed by atoms with Gasteiger partial charge >= 0.3 is 5.97 Å². The molecule has 0 aliphatic heterocycles. The molecular weight excluding hydrogens is 416 g/mol. The molecule has 3 aliphatic carbocycles. The number of hydrogen-bond acceptors (Lipinski definition) is 2. The fraction of sp³-hybridized carbons (Fsp3) is 0.969. The van der Waals surface area contributed by atoms with Gasteiger partial charge in [0.25, 0.3) is 0 Å². The molecule has 2 atom stereocenters. The molecule has 0 bridgehead atoms. The summed E-state index contributed by atoms with van der Waals surface area (Å²) in [6, 6.07) is 0. The smallest absolute Gasteiger partial charge is 0.308 e. The summed E-state index contributed by atoms with van der Waals surface area (Å²) < 4.78 is 5.60. The van der Waals surface area contributed by atoms with Crippen LogP contribution in [0.2, 0.25) is 0 Å². The summed E-state index contributed by atoms with van der Waals surface area (Å²) in [5.41, 5.74) is 0. The summed E-state index contributed by atoms with van der Waals surface area (Å²) in [6.45, 7) is 10.3. The molecular formula is C32H58O2. The molecule has 0 amide bonds. The number of hydrogen-bond donors (Lipinski definition) is 0. The van der Waals surface area contributed by atoms with Crippen molar-refractivity contribution in [2.24, 2.45) is 47.3 Å². The van der Waals surface area contributed by atoms with E-state index >= 15 is 0 Å². The molecule has 2 unspecified atom stereocenters. The average Bonchev–Trinajstić information content (AvgIpc) is 2.88. The summed E-state index contributed by atoms with van der Waals surface area (Å²) in [5, 5.41) is 0. The van der Waals surface area contributed by atoms with Crippen LogP contribution in [-0.2, 0) is 9.53 Å². The maximum absolute atomic E-state index is 12.5. The van der Waals surface area contributed by atoms with Crippen molar-refractivity contribution in [2.75, 3.05) is 6.61 Å². The zero-order valence-corrected chi connectivity index (χ0v) is 23.4. The molecule has 0 aromatic carbocycles. The standard InChI is InChI=1S/C32H58O2/c1-5-7-8-9-23-34-32(33)31-21-19-30(20-22-31)25(4)29-17-15-28(16-18-29)24(3)27-13-11-26(10-6-2)12-14-27/h24-31H,5-23H2,1-4H3/t24?,25?,26?,27?,28?,29?,30-,31-. The van der Waals surface area contributed by atoms with E-state index in [9.17, 15) is 4.79 Å². The molecule has 34 heavy (non-hydrogen) atoms. The van der Waals surface area contributed by atoms with Crippen molar-refractivity contribution in [1.82, 2.24) is 0 Å². The van der Waals surface area contributed by atoms with Crippen molar-refractivity contribution in [2.45, 2.75) is 143 Å². The summed E-state index contributed by atoms with van der Waals surface area (Å²) in [6.07, 6.45) is 24.1. The fourth-order valence-electron chi connectivity index (χ4n) is 8.08. The van der Waals surface area contributed by atoms with Crippen LogP contribution < -0.4 is 0 Å². The highest BCUT2D eigenvalue weighted by atomic mass is 16.5. The lowest BCUT2D eigenvalue weighted by Crippen LogP contribution is -2.33. The van der Waals surface area contributed by atoms with Crippen molar-refractivity contribution in [1.29, 1.82) is 0 Å². The van der Waals surface area contributed by atoms with E-state index in [2.05, 4.69) is 27.7 Å². The molecule has 0 heterocycles. The van der Waals surface area contributed by atoms with E-state index in [4.69, 9.17) is 4.74 Å². The van der Waals surface area contributed by atoms with Crippen molar-refractivity contribution >= 4 is 5.97 Å². The summed E-state index contributed by atoms with van der Waals surface area (Å²) in [5.74, 6) is 6.85. The van der Waals surface area contributed by atoms with E-state index in [1.165, 1.54) is 96.3 Å². The van der Waals surface area contributed by atoms with E-state index < -0.39 is 0 Å². The largest absolute Gasteiger partial charge is 0.465 e. The Bertz CT molecular complexity index is 547. The zero-order chi connectivity index (χ0) is 24.3. The second-order valence-electron chi connectivity index (χ2n) is 12.8. The first-order valence-corrected chi connectivity index (χ1v) is 15.7. The molecule has 0 N–H and O–H groups in total. The average molecular weight is 475 g/mol. The monoisotopic (exact) mass is 474 g/mol. The normalized spacial score (nSPS) is 34.4. The molecule has 0 saturated heterocycles. The Labute approximate surface area is 212 Å². The van der Waals surface area contributed by atoms with Gasteiger partial charge in [0.2, 0.25) is 0 Å². The molecule has 2 nitrogen and oxygen atoms in total. The Balaban J connectivity index is 1.32. The molecule has 3 saturated carbocycles. The summed E-state index contributed by atoms with van der Waals surface area (Å²) >= 11 is 0. The van der Waals surface area contributed by atoms with Gasteiger partial charge in [-0.3, -0.25) is 4.79 Å². The highest BCUT2D eigenvalue weighted by molar-refractivity contribution is 5.72. The lowest BCUT2D eigenvalue weighted by atomic mass is 9.63. The molecule has 0 aromatic heterocycles. The van der Waals surface area contributed by atoms with E-state index in [0.29, 0.717) is 6.61 Å². The van der Waals surface area contributed by atoms with Gasteiger partial charge in [0.05, 0.1) is 12.5 Å². The first-order valence-electron chi connectivity index (χ1n) is 15.7. The van der Waals surface area contributed by atoms with Crippen LogP contribution in [-0.4, -0.2) is 12.6 Å². The minimum Gasteiger partial charge on any atom is -0.465 e. The quantitative estimate of drug-likeness (QED) is 0.208. The van der Waals surface area contributed by atoms with Crippen LogP contribution in [0.25, 0.3) is 0 Å². The summed E-state index contributed by atoms with van der Waals surface area (Å²) in [4.78, 5) is 12.5. The first kappa shape index (κ1) is 28.0. The van der Waals surface area contributed by atoms with Gasteiger partial charge in [0.15, 0.2) is 0 Å². The Morgan fingerprint density at radius 3 is 1.59 bits per heavy atom. The van der Waals surface area contributed by atoms with Crippen LogP contribution in [0.15, 0.2) is 0 Å². The second-order valence-corrected chi connectivity index (χ2v) is 12.8. The van der Waals surface area contributed by atoms with E-state index in [1.807, 2.05) is 0 Å². The third-order valence-corrected chi connectivity index (χ3v) is 10.7. The van der Waals surface area contributed by atoms with Gasteiger partial charge in [-0.1, -0.05) is 72.6 Å². The van der Waals surface area contributed by atoms with Gasteiger partial charge in [-0.05, 0) is 112 Å². The molecule has 3 fully saturated rings. The molecule has 3 aliphatic rings. The highest BCUT2D eigenvalue weighted by Gasteiger charge is 2.37. The first-order chi connectivity index (χ1) is 16.5. The Hall–Kier alpha value is -0.530. The number of ether oxygens (including phenoxy) is 1. The van der Waals surface area contributed by atoms with Gasteiger partial charge in [-0.15, -0.1) is 0 Å². The Morgan fingerprint density at radius 1 is 0.647 bits per heavy atom. The predicted molar refractivity (Wildman–Crippen MR) is 145 cm³/mol. The van der Waals surface area contributed by atoms with Crippen molar-refractivity contribution in [3.05, 3.63) is 0 Å². The highest BCUT2D eigenvalue weighted by Crippen LogP contribution is 2.46. The van der Waals surface area contributed by atoms with Crippen LogP contribution in [0.1, 0.15) is 143 Å². The van der Waals surface area contributed by atoms with Crippen LogP contribution in [0.3, 0.4) is 0 Å². The minimum atomic E-state index is 0.0980. The SMILES string of the molecule is CCCCCCOC(=O)[C@H]1CC[C@H](C(C)C2CCC(C(C)C3CCC(CCC)CC3)CC2)CC1. The minimum absolute atomic E-state index is 0.0980.